The minimum Gasteiger partial charge on any atom is -0.348 e. The average molecular weight is 420 g/mol. The van der Waals surface area contributed by atoms with Crippen LogP contribution in [-0.2, 0) is 0 Å². The Kier molecular flexibility index (Phi) is 5.25. The largest absolute Gasteiger partial charge is 0.389 e. The van der Waals surface area contributed by atoms with Crippen LogP contribution in [0.25, 0.3) is 16.7 Å². The highest BCUT2D eigenvalue weighted by atomic mass is 19.4. The molecule has 7 nitrogen and oxygen atoms in total. The Hall–Kier alpha value is -2.91. The van der Waals surface area contributed by atoms with Gasteiger partial charge in [-0.1, -0.05) is 6.92 Å². The number of rotatable bonds is 5. The molecule has 0 radical (unpaired) electrons. The molecule has 1 fully saturated rings. The molecule has 10 heteroatoms. The number of hydrogen-bond donors (Lipinski definition) is 2. The van der Waals surface area contributed by atoms with E-state index >= 15 is 0 Å². The summed E-state index contributed by atoms with van der Waals surface area (Å²) in [5.74, 6) is 0.227. The van der Waals surface area contributed by atoms with Crippen LogP contribution in [-0.4, -0.2) is 42.9 Å². The number of hydrogen-bond acceptors (Lipinski definition) is 4. The van der Waals surface area contributed by atoms with Crippen molar-refractivity contribution in [3.8, 4) is 5.82 Å². The lowest BCUT2D eigenvalue weighted by Crippen LogP contribution is -2.40. The van der Waals surface area contributed by atoms with Gasteiger partial charge in [-0.3, -0.25) is 14.5 Å². The highest BCUT2D eigenvalue weighted by Crippen LogP contribution is 2.42. The predicted molar refractivity (Wildman–Crippen MR) is 104 cm³/mol. The molecule has 1 amide bonds. The fourth-order valence-corrected chi connectivity index (χ4v) is 4.03. The van der Waals surface area contributed by atoms with Crippen molar-refractivity contribution in [2.24, 2.45) is 5.41 Å². The third-order valence-electron chi connectivity index (χ3n) is 5.94. The summed E-state index contributed by atoms with van der Waals surface area (Å²) in [6, 6.07) is 1.72. The van der Waals surface area contributed by atoms with E-state index in [0.717, 1.165) is 5.39 Å². The first kappa shape index (κ1) is 20.4. The lowest BCUT2D eigenvalue weighted by molar-refractivity contribution is -0.141. The zero-order chi connectivity index (χ0) is 21.4. The second kappa shape index (κ2) is 7.73. The maximum Gasteiger partial charge on any atom is 0.389 e. The quantitative estimate of drug-likeness (QED) is 0.649. The van der Waals surface area contributed by atoms with Gasteiger partial charge in [-0.2, -0.15) is 18.3 Å². The number of nitrogens with zero attached hydrogens (tertiary/aromatic N) is 4. The van der Waals surface area contributed by atoms with E-state index in [9.17, 15) is 18.0 Å². The molecule has 30 heavy (non-hydrogen) atoms. The third kappa shape index (κ3) is 4.47. The van der Waals surface area contributed by atoms with Crippen molar-refractivity contribution >= 4 is 16.8 Å². The summed E-state index contributed by atoms with van der Waals surface area (Å²) in [6.45, 7) is 1.90. The lowest BCUT2D eigenvalue weighted by Gasteiger charge is -2.38. The average Bonchev–Trinajstić information content (AvgIpc) is 3.39. The molecular weight excluding hydrogens is 397 g/mol. The zero-order valence-electron chi connectivity index (χ0n) is 16.5. The summed E-state index contributed by atoms with van der Waals surface area (Å²) in [7, 11) is 0. The second-order valence-electron chi connectivity index (χ2n) is 8.31. The summed E-state index contributed by atoms with van der Waals surface area (Å²) in [5, 5.41) is 10.6. The zero-order valence-corrected chi connectivity index (χ0v) is 16.5. The number of carbonyl (C=O) groups excluding carboxylic acids is 1. The normalized spacial score (nSPS) is 22.3. The van der Waals surface area contributed by atoms with Gasteiger partial charge in [-0.15, -0.1) is 0 Å². The highest BCUT2D eigenvalue weighted by molar-refractivity contribution is 6.04. The molecule has 3 aromatic heterocycles. The summed E-state index contributed by atoms with van der Waals surface area (Å²) < 4.78 is 39.4. The number of aromatic nitrogens is 5. The number of fused-ring (bicyclic) bond motifs is 1. The molecule has 0 aliphatic heterocycles. The van der Waals surface area contributed by atoms with Crippen LogP contribution >= 0.6 is 0 Å². The number of carbonyl (C=O) groups is 1. The minimum atomic E-state index is -4.13. The fraction of sp³-hybridized carbons (Fsp3) is 0.500. The number of pyridine rings is 1. The Morgan fingerprint density at radius 3 is 2.80 bits per heavy atom. The van der Waals surface area contributed by atoms with Crippen LogP contribution < -0.4 is 5.32 Å². The molecule has 0 bridgehead atoms. The molecule has 0 atom stereocenters. The maximum atomic E-state index is 13.0. The topological polar surface area (TPSA) is 88.5 Å². The van der Waals surface area contributed by atoms with Gasteiger partial charge in [0, 0.05) is 30.2 Å². The molecule has 3 aromatic rings. The maximum absolute atomic E-state index is 13.0. The van der Waals surface area contributed by atoms with Crippen molar-refractivity contribution in [3.05, 3.63) is 36.7 Å². The number of amides is 1. The molecule has 3 heterocycles. The number of nitrogens with one attached hydrogen (secondary N) is 2. The van der Waals surface area contributed by atoms with E-state index in [1.165, 1.54) is 0 Å². The molecule has 0 spiro atoms. The van der Waals surface area contributed by atoms with Crippen LogP contribution in [0.4, 0.5) is 13.2 Å². The van der Waals surface area contributed by atoms with Crippen LogP contribution in [0.15, 0.2) is 31.0 Å². The Balaban J connectivity index is 1.45. The summed E-state index contributed by atoms with van der Waals surface area (Å²) in [4.78, 5) is 21.5. The lowest BCUT2D eigenvalue weighted by atomic mass is 9.71. The molecule has 0 aromatic carbocycles. The molecular formula is C20H23F3N6O. The van der Waals surface area contributed by atoms with Crippen molar-refractivity contribution in [2.45, 2.75) is 57.7 Å². The Bertz CT molecular complexity index is 1020. The molecule has 1 aliphatic rings. The van der Waals surface area contributed by atoms with Crippen molar-refractivity contribution in [1.29, 1.82) is 0 Å². The Labute approximate surface area is 171 Å². The smallest absolute Gasteiger partial charge is 0.348 e. The number of halogens is 3. The first-order valence-corrected chi connectivity index (χ1v) is 9.93. The van der Waals surface area contributed by atoms with Crippen molar-refractivity contribution < 1.29 is 18.0 Å². The number of H-pyrrole nitrogens is 1. The van der Waals surface area contributed by atoms with Gasteiger partial charge in [-0.05, 0) is 43.6 Å². The molecule has 1 saturated carbocycles. The van der Waals surface area contributed by atoms with Crippen molar-refractivity contribution in [2.75, 3.05) is 0 Å². The van der Waals surface area contributed by atoms with Gasteiger partial charge in [0.25, 0.3) is 5.91 Å². The van der Waals surface area contributed by atoms with Crippen LogP contribution in [0, 0.1) is 5.41 Å². The van der Waals surface area contributed by atoms with E-state index in [-0.39, 0.29) is 29.5 Å². The van der Waals surface area contributed by atoms with Gasteiger partial charge in [0.1, 0.15) is 12.1 Å². The van der Waals surface area contributed by atoms with Crippen LogP contribution in [0.1, 0.15) is 55.9 Å². The Morgan fingerprint density at radius 1 is 1.37 bits per heavy atom. The monoisotopic (exact) mass is 420 g/mol. The summed E-state index contributed by atoms with van der Waals surface area (Å²) >= 11 is 0. The van der Waals surface area contributed by atoms with E-state index in [2.05, 4.69) is 25.5 Å². The van der Waals surface area contributed by atoms with Crippen LogP contribution in [0.5, 0.6) is 0 Å². The minimum absolute atomic E-state index is 0.0897. The van der Waals surface area contributed by atoms with E-state index in [4.69, 9.17) is 0 Å². The number of alkyl halides is 3. The number of imidazole rings is 1. The second-order valence-corrected chi connectivity index (χ2v) is 8.31. The molecule has 160 valence electrons. The van der Waals surface area contributed by atoms with Gasteiger partial charge in [0.15, 0.2) is 5.69 Å². The SMILES string of the molecule is CC1(CCC(F)(F)F)CCC(NC(=O)c2nc(-n3ccnc3)cc3cn[nH]c23)CC1. The van der Waals surface area contributed by atoms with Gasteiger partial charge in [-0.25, -0.2) is 9.97 Å². The number of aromatic amines is 1. The Morgan fingerprint density at radius 2 is 2.13 bits per heavy atom. The fourth-order valence-electron chi connectivity index (χ4n) is 4.03. The van der Waals surface area contributed by atoms with Crippen LogP contribution in [0.2, 0.25) is 0 Å². The molecule has 4 rings (SSSR count). The third-order valence-corrected chi connectivity index (χ3v) is 5.94. The van der Waals surface area contributed by atoms with E-state index in [1.807, 2.05) is 13.0 Å². The molecule has 0 unspecified atom stereocenters. The molecule has 1 aliphatic carbocycles. The van der Waals surface area contributed by atoms with E-state index in [1.54, 1.807) is 29.5 Å². The summed E-state index contributed by atoms with van der Waals surface area (Å²) in [6.07, 6.45) is 4.41. The van der Waals surface area contributed by atoms with Gasteiger partial charge >= 0.3 is 6.18 Å². The van der Waals surface area contributed by atoms with Crippen molar-refractivity contribution in [3.63, 3.8) is 0 Å². The van der Waals surface area contributed by atoms with Gasteiger partial charge < -0.3 is 5.32 Å². The first-order valence-electron chi connectivity index (χ1n) is 9.93. The van der Waals surface area contributed by atoms with Crippen LogP contribution in [0.3, 0.4) is 0 Å². The van der Waals surface area contributed by atoms with E-state index < -0.39 is 12.6 Å². The molecule has 0 saturated heterocycles. The van der Waals surface area contributed by atoms with Gasteiger partial charge in [0.2, 0.25) is 0 Å². The predicted octanol–water partition coefficient (Wildman–Crippen LogP) is 4.16. The van der Waals surface area contributed by atoms with Crippen molar-refractivity contribution in [1.82, 2.24) is 30.0 Å². The molecule has 2 N–H and O–H groups in total. The summed E-state index contributed by atoms with van der Waals surface area (Å²) in [5.41, 5.74) is 0.439. The highest BCUT2D eigenvalue weighted by Gasteiger charge is 2.36. The standard InChI is InChI=1S/C20H23F3N6O/c1-19(6-7-20(21,22)23)4-2-14(3-5-19)26-18(30)17-16-13(11-25-28-16)10-15(27-17)29-9-8-24-12-29/h8-12,14H,2-7H2,1H3,(H,25,28)(H,26,30). The van der Waals surface area contributed by atoms with E-state index in [0.29, 0.717) is 37.0 Å². The van der Waals surface area contributed by atoms with Gasteiger partial charge in [0.05, 0.1) is 11.7 Å². The first-order chi connectivity index (χ1) is 14.2.